The Hall–Kier alpha value is -3.30. The normalized spacial score (nSPS) is 10.7. The number of carbonyl (C=O) groups excluding carboxylic acids is 1. The van der Waals surface area contributed by atoms with Gasteiger partial charge in [-0.15, -0.1) is 0 Å². The van der Waals surface area contributed by atoms with Crippen LogP contribution in [0.2, 0.25) is 0 Å². The Kier molecular flexibility index (Phi) is 5.20. The van der Waals surface area contributed by atoms with Crippen LogP contribution in [0.3, 0.4) is 0 Å². The number of likely N-dealkylation sites (N-methyl/N-ethyl adjacent to an activating group) is 1. The number of nitrogens with one attached hydrogen (secondary N) is 1. The first kappa shape index (κ1) is 17.5. The lowest BCUT2D eigenvalue weighted by molar-refractivity contribution is -0.117. The molecule has 1 heterocycles. The van der Waals surface area contributed by atoms with Gasteiger partial charge in [-0.1, -0.05) is 30.3 Å². The monoisotopic (exact) mass is 349 g/mol. The zero-order chi connectivity index (χ0) is 18.5. The molecule has 3 rings (SSSR count). The maximum Gasteiger partial charge on any atom is 0.238 e. The highest BCUT2D eigenvalue weighted by Crippen LogP contribution is 2.30. The van der Waals surface area contributed by atoms with Gasteiger partial charge in [0, 0.05) is 17.5 Å². The van der Waals surface area contributed by atoms with Crippen molar-refractivity contribution in [2.75, 3.05) is 26.0 Å². The number of anilines is 1. The van der Waals surface area contributed by atoms with Gasteiger partial charge in [-0.25, -0.2) is 0 Å². The highest BCUT2D eigenvalue weighted by atomic mass is 16.5. The summed E-state index contributed by atoms with van der Waals surface area (Å²) >= 11 is 0. The molecule has 0 unspecified atom stereocenters. The van der Waals surface area contributed by atoms with Crippen molar-refractivity contribution in [1.82, 2.24) is 4.90 Å². The Balaban J connectivity index is 1.70. The summed E-state index contributed by atoms with van der Waals surface area (Å²) in [4.78, 5) is 14.3. The maximum atomic E-state index is 12.4. The van der Waals surface area contributed by atoms with Crippen LogP contribution in [0.25, 0.3) is 11.0 Å². The van der Waals surface area contributed by atoms with Gasteiger partial charge in [0.2, 0.25) is 11.7 Å². The molecule has 0 aliphatic carbocycles. The van der Waals surface area contributed by atoms with E-state index in [1.165, 1.54) is 0 Å². The molecule has 0 aliphatic heterocycles. The number of carbonyl (C=O) groups is 1. The van der Waals surface area contributed by atoms with E-state index >= 15 is 0 Å². The van der Waals surface area contributed by atoms with Crippen molar-refractivity contribution in [1.29, 1.82) is 5.26 Å². The third kappa shape index (κ3) is 3.68. The zero-order valence-corrected chi connectivity index (χ0v) is 14.7. The summed E-state index contributed by atoms with van der Waals surface area (Å²) in [7, 11) is 3.48. The van der Waals surface area contributed by atoms with E-state index in [1.54, 1.807) is 13.2 Å². The van der Waals surface area contributed by atoms with Crippen molar-refractivity contribution >= 4 is 22.6 Å². The first-order chi connectivity index (χ1) is 12.6. The van der Waals surface area contributed by atoms with Gasteiger partial charge in [-0.3, -0.25) is 9.69 Å². The van der Waals surface area contributed by atoms with E-state index in [4.69, 9.17) is 9.15 Å². The number of hydrogen-bond acceptors (Lipinski definition) is 5. The van der Waals surface area contributed by atoms with E-state index in [1.807, 2.05) is 60.5 Å². The lowest BCUT2D eigenvalue weighted by atomic mass is 10.2. The van der Waals surface area contributed by atoms with Crippen molar-refractivity contribution in [3.05, 3.63) is 59.9 Å². The Bertz CT molecular complexity index is 972. The SMILES string of the molecule is COc1ccccc1CN(C)CC(=O)Nc1c(C#N)oc2ccccc12. The summed E-state index contributed by atoms with van der Waals surface area (Å²) in [6.07, 6.45) is 0. The third-order valence-corrected chi connectivity index (χ3v) is 4.01. The molecule has 0 saturated carbocycles. The highest BCUT2D eigenvalue weighted by Gasteiger charge is 2.17. The fourth-order valence-electron chi connectivity index (χ4n) is 2.85. The van der Waals surface area contributed by atoms with Crippen LogP contribution in [0.15, 0.2) is 52.9 Å². The van der Waals surface area contributed by atoms with E-state index in [9.17, 15) is 10.1 Å². The molecule has 0 atom stereocenters. The van der Waals surface area contributed by atoms with Gasteiger partial charge in [0.1, 0.15) is 23.1 Å². The largest absolute Gasteiger partial charge is 0.496 e. The highest BCUT2D eigenvalue weighted by molar-refractivity contribution is 6.03. The van der Waals surface area contributed by atoms with E-state index in [2.05, 4.69) is 5.32 Å². The molecule has 0 spiro atoms. The molecule has 1 aromatic heterocycles. The van der Waals surface area contributed by atoms with Crippen molar-refractivity contribution < 1.29 is 13.9 Å². The van der Waals surface area contributed by atoms with E-state index in [0.29, 0.717) is 23.2 Å². The quantitative estimate of drug-likeness (QED) is 0.738. The number of furan rings is 1. The second-order valence-corrected chi connectivity index (χ2v) is 5.95. The number of ether oxygens (including phenoxy) is 1. The molecule has 0 saturated heterocycles. The number of benzene rings is 2. The molecule has 0 bridgehead atoms. The molecular formula is C20H19N3O3. The number of nitrogens with zero attached hydrogens (tertiary/aromatic N) is 2. The van der Waals surface area contributed by atoms with Crippen molar-refractivity contribution in [3.63, 3.8) is 0 Å². The first-order valence-corrected chi connectivity index (χ1v) is 8.14. The van der Waals surface area contributed by atoms with E-state index in [0.717, 1.165) is 11.3 Å². The van der Waals surface area contributed by atoms with Crippen LogP contribution in [-0.2, 0) is 11.3 Å². The zero-order valence-electron chi connectivity index (χ0n) is 14.7. The van der Waals surface area contributed by atoms with Gasteiger partial charge in [0.25, 0.3) is 0 Å². The number of fused-ring (bicyclic) bond motifs is 1. The standard InChI is InChI=1S/C20H19N3O3/c1-23(12-14-7-3-5-9-16(14)25-2)13-19(24)22-20-15-8-4-6-10-17(15)26-18(20)11-21/h3-10H,12-13H2,1-2H3,(H,22,24). The van der Waals surface area contributed by atoms with Crippen LogP contribution in [0.5, 0.6) is 5.75 Å². The van der Waals surface area contributed by atoms with Gasteiger partial charge in [0.15, 0.2) is 0 Å². The average Bonchev–Trinajstić information content (AvgIpc) is 2.99. The maximum absolute atomic E-state index is 12.4. The van der Waals surface area contributed by atoms with Gasteiger partial charge in [0.05, 0.1) is 13.7 Å². The average molecular weight is 349 g/mol. The number of methoxy groups -OCH3 is 1. The van der Waals surface area contributed by atoms with Crippen molar-refractivity contribution in [2.24, 2.45) is 0 Å². The number of amides is 1. The van der Waals surface area contributed by atoms with Crippen LogP contribution in [-0.4, -0.2) is 31.5 Å². The Morgan fingerprint density at radius 3 is 2.73 bits per heavy atom. The minimum absolute atomic E-state index is 0.104. The molecule has 0 aliphatic rings. The molecular weight excluding hydrogens is 330 g/mol. The van der Waals surface area contributed by atoms with Crippen molar-refractivity contribution in [2.45, 2.75) is 6.54 Å². The smallest absolute Gasteiger partial charge is 0.238 e. The number of para-hydroxylation sites is 2. The molecule has 1 N–H and O–H groups in total. The molecule has 6 nitrogen and oxygen atoms in total. The van der Waals surface area contributed by atoms with Crippen LogP contribution in [0.1, 0.15) is 11.3 Å². The molecule has 0 radical (unpaired) electrons. The van der Waals surface area contributed by atoms with Gasteiger partial charge in [-0.05, 0) is 25.2 Å². The molecule has 2 aromatic carbocycles. The molecule has 6 heteroatoms. The lowest BCUT2D eigenvalue weighted by Crippen LogP contribution is -2.30. The minimum Gasteiger partial charge on any atom is -0.496 e. The summed E-state index contributed by atoms with van der Waals surface area (Å²) in [5, 5.41) is 12.8. The molecule has 1 amide bonds. The second-order valence-electron chi connectivity index (χ2n) is 5.95. The summed E-state index contributed by atoms with van der Waals surface area (Å²) in [6, 6.07) is 16.9. The molecule has 26 heavy (non-hydrogen) atoms. The van der Waals surface area contributed by atoms with Crippen LogP contribution < -0.4 is 10.1 Å². The molecule has 0 fully saturated rings. The lowest BCUT2D eigenvalue weighted by Gasteiger charge is -2.17. The summed E-state index contributed by atoms with van der Waals surface area (Å²) in [6.45, 7) is 0.733. The number of hydrogen-bond donors (Lipinski definition) is 1. The topological polar surface area (TPSA) is 78.5 Å². The molecule has 3 aromatic rings. The van der Waals surface area contributed by atoms with E-state index in [-0.39, 0.29) is 18.2 Å². The summed E-state index contributed by atoms with van der Waals surface area (Å²) in [5.74, 6) is 0.671. The fraction of sp³-hybridized carbons (Fsp3) is 0.200. The summed E-state index contributed by atoms with van der Waals surface area (Å²) in [5.41, 5.74) is 1.98. The fourth-order valence-corrected chi connectivity index (χ4v) is 2.85. The second kappa shape index (κ2) is 7.72. The van der Waals surface area contributed by atoms with Crippen LogP contribution in [0.4, 0.5) is 5.69 Å². The van der Waals surface area contributed by atoms with Crippen molar-refractivity contribution in [3.8, 4) is 11.8 Å². The molecule has 132 valence electrons. The Morgan fingerprint density at radius 2 is 1.96 bits per heavy atom. The third-order valence-electron chi connectivity index (χ3n) is 4.01. The summed E-state index contributed by atoms with van der Waals surface area (Å²) < 4.78 is 10.8. The Morgan fingerprint density at radius 1 is 1.23 bits per heavy atom. The van der Waals surface area contributed by atoms with Crippen LogP contribution >= 0.6 is 0 Å². The Labute approximate surface area is 151 Å². The minimum atomic E-state index is -0.217. The predicted octanol–water partition coefficient (Wildman–Crippen LogP) is 3.38. The predicted molar refractivity (Wildman–Crippen MR) is 98.9 cm³/mol. The van der Waals surface area contributed by atoms with Gasteiger partial charge in [-0.2, -0.15) is 5.26 Å². The van der Waals surface area contributed by atoms with Gasteiger partial charge < -0.3 is 14.5 Å². The first-order valence-electron chi connectivity index (χ1n) is 8.14. The van der Waals surface area contributed by atoms with Gasteiger partial charge >= 0.3 is 0 Å². The number of nitriles is 1. The van der Waals surface area contributed by atoms with Crippen LogP contribution in [0, 0.1) is 11.3 Å². The van der Waals surface area contributed by atoms with E-state index < -0.39 is 0 Å². The number of rotatable bonds is 6.